The van der Waals surface area contributed by atoms with Crippen LogP contribution < -0.4 is 10.9 Å². The number of aromatic nitrogens is 2. The average molecular weight is 466 g/mol. The molecule has 10 heteroatoms. The maximum atomic E-state index is 13.2. The van der Waals surface area contributed by atoms with Crippen molar-refractivity contribution < 1.29 is 17.6 Å². The standard InChI is InChI=1S/C18H13BrFN3O4S/c19-12-4-6-15(7-5-12)28(26,27)17-8-9-18(25)23(22-17)11-16(24)21-14-3-1-2-13(20)10-14/h1-10H,11H2,(H,21,24). The number of benzene rings is 2. The molecule has 0 fully saturated rings. The molecule has 0 radical (unpaired) electrons. The van der Waals surface area contributed by atoms with Crippen molar-refractivity contribution in [2.75, 3.05) is 5.32 Å². The monoisotopic (exact) mass is 465 g/mol. The van der Waals surface area contributed by atoms with E-state index in [0.29, 0.717) is 4.47 Å². The minimum Gasteiger partial charge on any atom is -0.324 e. The van der Waals surface area contributed by atoms with Gasteiger partial charge in [-0.25, -0.2) is 17.5 Å². The zero-order valence-electron chi connectivity index (χ0n) is 14.2. The molecule has 1 heterocycles. The van der Waals surface area contributed by atoms with Crippen molar-refractivity contribution >= 4 is 37.4 Å². The summed E-state index contributed by atoms with van der Waals surface area (Å²) in [7, 11) is -3.97. The zero-order valence-corrected chi connectivity index (χ0v) is 16.6. The molecule has 0 saturated carbocycles. The van der Waals surface area contributed by atoms with Gasteiger partial charge in [0.15, 0.2) is 5.03 Å². The summed E-state index contributed by atoms with van der Waals surface area (Å²) in [5, 5.41) is 5.87. The van der Waals surface area contributed by atoms with E-state index in [1.54, 1.807) is 12.1 Å². The van der Waals surface area contributed by atoms with Crippen molar-refractivity contribution in [3.63, 3.8) is 0 Å². The summed E-state index contributed by atoms with van der Waals surface area (Å²) in [5.74, 6) is -1.19. The Labute approximate surface area is 167 Å². The molecule has 0 unspecified atom stereocenters. The summed E-state index contributed by atoms with van der Waals surface area (Å²) in [5.41, 5.74) is -0.444. The molecule has 0 aliphatic heterocycles. The number of carbonyl (C=O) groups excluding carboxylic acids is 1. The molecule has 0 saturated heterocycles. The number of nitrogens with zero attached hydrogens (tertiary/aromatic N) is 2. The summed E-state index contributed by atoms with van der Waals surface area (Å²) in [6, 6.07) is 13.3. The van der Waals surface area contributed by atoms with Gasteiger partial charge in [-0.15, -0.1) is 0 Å². The predicted octanol–water partition coefficient (Wildman–Crippen LogP) is 2.62. The Kier molecular flexibility index (Phi) is 5.71. The molecule has 28 heavy (non-hydrogen) atoms. The molecular formula is C18H13BrFN3O4S. The van der Waals surface area contributed by atoms with Crippen LogP contribution in [0.2, 0.25) is 0 Å². The Bertz CT molecular complexity index is 1190. The van der Waals surface area contributed by atoms with Crippen LogP contribution in [0.3, 0.4) is 0 Å². The van der Waals surface area contributed by atoms with Gasteiger partial charge in [0.1, 0.15) is 12.4 Å². The van der Waals surface area contributed by atoms with E-state index in [1.807, 2.05) is 0 Å². The zero-order chi connectivity index (χ0) is 20.3. The molecule has 0 spiro atoms. The molecule has 0 aliphatic rings. The Morgan fingerprint density at radius 2 is 1.82 bits per heavy atom. The third kappa shape index (κ3) is 4.52. The Morgan fingerprint density at radius 1 is 1.11 bits per heavy atom. The second-order valence-electron chi connectivity index (χ2n) is 5.68. The molecule has 0 bridgehead atoms. The minimum absolute atomic E-state index is 0.00221. The fraction of sp³-hybridized carbons (Fsp3) is 0.0556. The highest BCUT2D eigenvalue weighted by molar-refractivity contribution is 9.10. The maximum absolute atomic E-state index is 13.2. The van der Waals surface area contributed by atoms with E-state index in [9.17, 15) is 22.4 Å². The van der Waals surface area contributed by atoms with E-state index in [2.05, 4.69) is 26.3 Å². The summed E-state index contributed by atoms with van der Waals surface area (Å²) in [6.07, 6.45) is 0. The van der Waals surface area contributed by atoms with Gasteiger partial charge in [0, 0.05) is 16.2 Å². The second-order valence-corrected chi connectivity index (χ2v) is 8.50. The van der Waals surface area contributed by atoms with Gasteiger partial charge in [-0.2, -0.15) is 5.10 Å². The number of amides is 1. The smallest absolute Gasteiger partial charge is 0.267 e. The van der Waals surface area contributed by atoms with Gasteiger partial charge in [-0.1, -0.05) is 22.0 Å². The lowest BCUT2D eigenvalue weighted by Crippen LogP contribution is -2.30. The van der Waals surface area contributed by atoms with Crippen LogP contribution in [0.4, 0.5) is 10.1 Å². The molecule has 2 aromatic carbocycles. The van der Waals surface area contributed by atoms with Crippen LogP contribution in [0.5, 0.6) is 0 Å². The highest BCUT2D eigenvalue weighted by atomic mass is 79.9. The molecule has 1 amide bonds. The molecule has 3 rings (SSSR count). The number of carbonyl (C=O) groups is 1. The Morgan fingerprint density at radius 3 is 2.50 bits per heavy atom. The van der Waals surface area contributed by atoms with Crippen LogP contribution >= 0.6 is 15.9 Å². The molecule has 0 aliphatic carbocycles. The molecule has 0 atom stereocenters. The first kappa shape index (κ1) is 19.9. The second kappa shape index (κ2) is 8.03. The summed E-state index contributed by atoms with van der Waals surface area (Å²) in [6.45, 7) is -0.529. The number of sulfone groups is 1. The van der Waals surface area contributed by atoms with E-state index < -0.39 is 33.7 Å². The lowest BCUT2D eigenvalue weighted by atomic mass is 10.3. The van der Waals surface area contributed by atoms with E-state index in [-0.39, 0.29) is 15.6 Å². The number of hydrogen-bond acceptors (Lipinski definition) is 5. The van der Waals surface area contributed by atoms with Gasteiger partial charge < -0.3 is 5.32 Å². The van der Waals surface area contributed by atoms with Gasteiger partial charge in [-0.3, -0.25) is 9.59 Å². The third-order valence-electron chi connectivity index (χ3n) is 3.64. The number of rotatable bonds is 5. The van der Waals surface area contributed by atoms with Crippen molar-refractivity contribution in [3.8, 4) is 0 Å². The lowest BCUT2D eigenvalue weighted by molar-refractivity contribution is -0.117. The molecule has 7 nitrogen and oxygen atoms in total. The quantitative estimate of drug-likeness (QED) is 0.624. The fourth-order valence-corrected chi connectivity index (χ4v) is 3.78. The van der Waals surface area contributed by atoms with Crippen molar-refractivity contribution in [1.29, 1.82) is 0 Å². The van der Waals surface area contributed by atoms with Gasteiger partial charge >= 0.3 is 0 Å². The SMILES string of the molecule is O=C(Cn1nc(S(=O)(=O)c2ccc(Br)cc2)ccc1=O)Nc1cccc(F)c1. The molecular weight excluding hydrogens is 453 g/mol. The Hall–Kier alpha value is -2.85. The minimum atomic E-state index is -3.97. The number of anilines is 1. The van der Waals surface area contributed by atoms with E-state index in [4.69, 9.17) is 0 Å². The summed E-state index contributed by atoms with van der Waals surface area (Å²) in [4.78, 5) is 24.1. The van der Waals surface area contributed by atoms with Crippen molar-refractivity contribution in [2.45, 2.75) is 16.5 Å². The number of halogens is 2. The first-order chi connectivity index (χ1) is 13.3. The maximum Gasteiger partial charge on any atom is 0.267 e. The normalized spacial score (nSPS) is 11.2. The molecule has 3 aromatic rings. The van der Waals surface area contributed by atoms with Gasteiger partial charge in [0.25, 0.3) is 5.56 Å². The largest absolute Gasteiger partial charge is 0.324 e. The fourth-order valence-electron chi connectivity index (χ4n) is 2.32. The van der Waals surface area contributed by atoms with Crippen LogP contribution in [0.25, 0.3) is 0 Å². The van der Waals surface area contributed by atoms with E-state index in [1.165, 1.54) is 30.3 Å². The van der Waals surface area contributed by atoms with Crippen LogP contribution in [-0.2, 0) is 21.2 Å². The van der Waals surface area contributed by atoms with Crippen LogP contribution in [0.15, 0.2) is 79.9 Å². The third-order valence-corrected chi connectivity index (χ3v) is 5.83. The highest BCUT2D eigenvalue weighted by Crippen LogP contribution is 2.20. The van der Waals surface area contributed by atoms with Crippen LogP contribution in [0.1, 0.15) is 0 Å². The van der Waals surface area contributed by atoms with Crippen molar-refractivity contribution in [3.05, 3.63) is 81.3 Å². The lowest BCUT2D eigenvalue weighted by Gasteiger charge is -2.09. The molecule has 1 aromatic heterocycles. The predicted molar refractivity (Wildman–Crippen MR) is 103 cm³/mol. The van der Waals surface area contributed by atoms with Gasteiger partial charge in [0.2, 0.25) is 15.7 Å². The number of nitrogens with one attached hydrogen (secondary N) is 1. The molecule has 144 valence electrons. The summed E-state index contributed by atoms with van der Waals surface area (Å²) < 4.78 is 40.0. The highest BCUT2D eigenvalue weighted by Gasteiger charge is 2.21. The summed E-state index contributed by atoms with van der Waals surface area (Å²) >= 11 is 3.22. The molecule has 1 N–H and O–H groups in total. The van der Waals surface area contributed by atoms with E-state index in [0.717, 1.165) is 22.9 Å². The van der Waals surface area contributed by atoms with Crippen LogP contribution in [0, 0.1) is 5.82 Å². The topological polar surface area (TPSA) is 98.1 Å². The van der Waals surface area contributed by atoms with Gasteiger partial charge in [-0.05, 0) is 48.5 Å². The van der Waals surface area contributed by atoms with E-state index >= 15 is 0 Å². The first-order valence-electron chi connectivity index (χ1n) is 7.90. The van der Waals surface area contributed by atoms with Crippen LogP contribution in [-0.4, -0.2) is 24.1 Å². The number of hydrogen-bond donors (Lipinski definition) is 1. The van der Waals surface area contributed by atoms with Gasteiger partial charge in [0.05, 0.1) is 4.90 Å². The van der Waals surface area contributed by atoms with Crippen molar-refractivity contribution in [1.82, 2.24) is 9.78 Å². The Balaban J connectivity index is 1.86. The van der Waals surface area contributed by atoms with Crippen molar-refractivity contribution in [2.24, 2.45) is 0 Å². The average Bonchev–Trinajstić information content (AvgIpc) is 2.63. The first-order valence-corrected chi connectivity index (χ1v) is 10.2.